The van der Waals surface area contributed by atoms with Crippen LogP contribution < -0.4 is 10.6 Å². The van der Waals surface area contributed by atoms with Crippen molar-refractivity contribution in [3.8, 4) is 23.6 Å². The number of hydrogen-bond acceptors (Lipinski definition) is 4. The zero-order chi connectivity index (χ0) is 22.7. The summed E-state index contributed by atoms with van der Waals surface area (Å²) >= 11 is 0. The minimum Gasteiger partial charge on any atom is -0.343 e. The van der Waals surface area contributed by atoms with Crippen LogP contribution in [0.2, 0.25) is 0 Å². The van der Waals surface area contributed by atoms with Crippen LogP contribution in [0.4, 0.5) is 5.69 Å². The number of fused-ring (bicyclic) bond motifs is 1. The average Bonchev–Trinajstić information content (AvgIpc) is 3.11. The SMILES string of the molecule is C#Cc1cccc(NC(=O)CNC(=O)c2cc(-c3ccccc3)nc3c2c(C)nn3C)c1. The minimum atomic E-state index is -0.377. The number of terminal acetylenes is 1. The Hall–Kier alpha value is -4.44. The third-order valence-electron chi connectivity index (χ3n) is 5.01. The monoisotopic (exact) mass is 423 g/mol. The molecule has 2 aromatic heterocycles. The van der Waals surface area contributed by atoms with Crippen molar-refractivity contribution in [2.45, 2.75) is 6.92 Å². The van der Waals surface area contributed by atoms with Gasteiger partial charge >= 0.3 is 0 Å². The fourth-order valence-electron chi connectivity index (χ4n) is 3.53. The summed E-state index contributed by atoms with van der Waals surface area (Å²) in [4.78, 5) is 30.1. The highest BCUT2D eigenvalue weighted by Crippen LogP contribution is 2.26. The van der Waals surface area contributed by atoms with E-state index in [-0.39, 0.29) is 18.4 Å². The highest BCUT2D eigenvalue weighted by molar-refractivity contribution is 6.08. The maximum absolute atomic E-state index is 13.1. The van der Waals surface area contributed by atoms with Gasteiger partial charge in [-0.25, -0.2) is 4.98 Å². The summed E-state index contributed by atoms with van der Waals surface area (Å²) in [7, 11) is 1.79. The van der Waals surface area contributed by atoms with Gasteiger partial charge in [0.1, 0.15) is 0 Å². The van der Waals surface area contributed by atoms with Crippen LogP contribution in [0.5, 0.6) is 0 Å². The number of amides is 2. The average molecular weight is 423 g/mol. The van der Waals surface area contributed by atoms with E-state index in [0.29, 0.717) is 39.2 Å². The first kappa shape index (κ1) is 20.8. The number of anilines is 1. The first-order valence-electron chi connectivity index (χ1n) is 10.0. The van der Waals surface area contributed by atoms with Crippen LogP contribution in [0.15, 0.2) is 60.7 Å². The molecule has 7 nitrogen and oxygen atoms in total. The number of hydrogen-bond donors (Lipinski definition) is 2. The Bertz CT molecular complexity index is 1370. The van der Waals surface area contributed by atoms with Crippen molar-refractivity contribution in [2.75, 3.05) is 11.9 Å². The maximum atomic E-state index is 13.1. The summed E-state index contributed by atoms with van der Waals surface area (Å²) in [6, 6.07) is 18.3. The molecule has 2 N–H and O–H groups in total. The summed E-state index contributed by atoms with van der Waals surface area (Å²) in [5.41, 5.74) is 4.48. The number of rotatable bonds is 5. The molecule has 0 aliphatic rings. The van der Waals surface area contributed by atoms with Gasteiger partial charge in [-0.1, -0.05) is 42.3 Å². The summed E-state index contributed by atoms with van der Waals surface area (Å²) in [5, 5.41) is 10.5. The van der Waals surface area contributed by atoms with Crippen molar-refractivity contribution >= 4 is 28.5 Å². The third-order valence-corrected chi connectivity index (χ3v) is 5.01. The zero-order valence-corrected chi connectivity index (χ0v) is 17.7. The number of aromatic nitrogens is 3. The van der Waals surface area contributed by atoms with Gasteiger partial charge in [0.15, 0.2) is 5.65 Å². The lowest BCUT2D eigenvalue weighted by Gasteiger charge is -2.10. The molecule has 0 bridgehead atoms. The lowest BCUT2D eigenvalue weighted by molar-refractivity contribution is -0.115. The molecule has 0 unspecified atom stereocenters. The standard InChI is InChI=1S/C25H21N5O2/c1-4-17-9-8-12-19(13-17)27-22(31)15-26-25(32)20-14-21(18-10-6-5-7-11-18)28-24-23(20)16(2)29-30(24)3/h1,5-14H,15H2,2-3H3,(H,26,32)(H,27,31). The Balaban J connectivity index is 1.59. The molecule has 7 heteroatoms. The van der Waals surface area contributed by atoms with Crippen molar-refractivity contribution < 1.29 is 9.59 Å². The maximum Gasteiger partial charge on any atom is 0.252 e. The van der Waals surface area contributed by atoms with Gasteiger partial charge in [-0.3, -0.25) is 14.3 Å². The molecule has 2 aromatic carbocycles. The van der Waals surface area contributed by atoms with E-state index in [0.717, 1.165) is 5.56 Å². The molecule has 4 rings (SSSR count). The summed E-state index contributed by atoms with van der Waals surface area (Å²) in [6.07, 6.45) is 5.39. The highest BCUT2D eigenvalue weighted by atomic mass is 16.2. The second-order valence-electron chi connectivity index (χ2n) is 7.28. The molecule has 2 heterocycles. The van der Waals surface area contributed by atoms with E-state index in [1.165, 1.54) is 0 Å². The molecular formula is C25H21N5O2. The van der Waals surface area contributed by atoms with Gasteiger partial charge in [-0.05, 0) is 31.2 Å². The van der Waals surface area contributed by atoms with Crippen molar-refractivity contribution in [3.63, 3.8) is 0 Å². The number of carbonyl (C=O) groups excluding carboxylic acids is 2. The van der Waals surface area contributed by atoms with Gasteiger partial charge in [0.05, 0.1) is 28.9 Å². The van der Waals surface area contributed by atoms with Crippen molar-refractivity contribution in [1.82, 2.24) is 20.1 Å². The van der Waals surface area contributed by atoms with Crippen LogP contribution in [0.25, 0.3) is 22.3 Å². The van der Waals surface area contributed by atoms with Gasteiger partial charge in [-0.2, -0.15) is 5.10 Å². The predicted octanol–water partition coefficient (Wildman–Crippen LogP) is 3.29. The minimum absolute atomic E-state index is 0.192. The number of nitrogens with one attached hydrogen (secondary N) is 2. The van der Waals surface area contributed by atoms with Crippen LogP contribution in [-0.2, 0) is 11.8 Å². The molecule has 32 heavy (non-hydrogen) atoms. The Labute approximate surface area is 185 Å². The molecule has 0 saturated heterocycles. The summed E-state index contributed by atoms with van der Waals surface area (Å²) in [5.74, 6) is 1.79. The molecule has 0 aliphatic carbocycles. The number of carbonyl (C=O) groups is 2. The van der Waals surface area contributed by atoms with Crippen LogP contribution in [0.3, 0.4) is 0 Å². The Kier molecular flexibility index (Phi) is 5.69. The fraction of sp³-hybridized carbons (Fsp3) is 0.120. The van der Waals surface area contributed by atoms with E-state index in [1.807, 2.05) is 37.3 Å². The van der Waals surface area contributed by atoms with E-state index in [1.54, 1.807) is 42.1 Å². The fourth-order valence-corrected chi connectivity index (χ4v) is 3.53. The van der Waals surface area contributed by atoms with Crippen LogP contribution in [-0.4, -0.2) is 33.1 Å². The van der Waals surface area contributed by atoms with Crippen LogP contribution in [0, 0.1) is 19.3 Å². The van der Waals surface area contributed by atoms with Crippen LogP contribution >= 0.6 is 0 Å². The summed E-state index contributed by atoms with van der Waals surface area (Å²) < 4.78 is 1.65. The molecule has 0 atom stereocenters. The second-order valence-corrected chi connectivity index (χ2v) is 7.28. The lowest BCUT2D eigenvalue weighted by Crippen LogP contribution is -2.33. The Morgan fingerprint density at radius 3 is 2.62 bits per heavy atom. The molecule has 0 spiro atoms. The first-order chi connectivity index (χ1) is 15.5. The predicted molar refractivity (Wildman–Crippen MR) is 124 cm³/mol. The molecule has 0 radical (unpaired) electrons. The lowest BCUT2D eigenvalue weighted by atomic mass is 10.0. The van der Waals surface area contributed by atoms with Gasteiger partial charge in [0.2, 0.25) is 5.91 Å². The van der Waals surface area contributed by atoms with Crippen molar-refractivity contribution in [2.24, 2.45) is 7.05 Å². The highest BCUT2D eigenvalue weighted by Gasteiger charge is 2.19. The van der Waals surface area contributed by atoms with E-state index in [2.05, 4.69) is 21.7 Å². The normalized spacial score (nSPS) is 10.5. The summed E-state index contributed by atoms with van der Waals surface area (Å²) in [6.45, 7) is 1.64. The number of benzene rings is 2. The Morgan fingerprint density at radius 1 is 1.09 bits per heavy atom. The van der Waals surface area contributed by atoms with Gasteiger partial charge in [-0.15, -0.1) is 6.42 Å². The van der Waals surface area contributed by atoms with E-state index in [4.69, 9.17) is 11.4 Å². The van der Waals surface area contributed by atoms with Gasteiger partial charge in [0, 0.05) is 23.9 Å². The molecule has 2 amide bonds. The Morgan fingerprint density at radius 2 is 1.88 bits per heavy atom. The van der Waals surface area contributed by atoms with Crippen molar-refractivity contribution in [3.05, 3.63) is 77.5 Å². The first-order valence-corrected chi connectivity index (χ1v) is 10.0. The molecule has 158 valence electrons. The second kappa shape index (κ2) is 8.74. The van der Waals surface area contributed by atoms with Crippen LogP contribution in [0.1, 0.15) is 21.6 Å². The van der Waals surface area contributed by atoms with Gasteiger partial charge in [0.25, 0.3) is 5.91 Å². The van der Waals surface area contributed by atoms with E-state index < -0.39 is 0 Å². The molecule has 0 aliphatic heterocycles. The number of nitrogens with zero attached hydrogens (tertiary/aromatic N) is 3. The largest absolute Gasteiger partial charge is 0.343 e. The zero-order valence-electron chi connectivity index (χ0n) is 17.7. The third kappa shape index (κ3) is 4.20. The molecular weight excluding hydrogens is 402 g/mol. The van der Waals surface area contributed by atoms with Gasteiger partial charge < -0.3 is 10.6 Å². The van der Waals surface area contributed by atoms with E-state index in [9.17, 15) is 9.59 Å². The van der Waals surface area contributed by atoms with Crippen molar-refractivity contribution in [1.29, 1.82) is 0 Å². The van der Waals surface area contributed by atoms with E-state index >= 15 is 0 Å². The number of aryl methyl sites for hydroxylation is 2. The topological polar surface area (TPSA) is 88.9 Å². The number of pyridine rings is 1. The molecule has 0 fully saturated rings. The molecule has 0 saturated carbocycles. The smallest absolute Gasteiger partial charge is 0.252 e. The molecule has 4 aromatic rings. The quantitative estimate of drug-likeness (QED) is 0.482.